The fourth-order valence-electron chi connectivity index (χ4n) is 10.2. The van der Waals surface area contributed by atoms with Crippen LogP contribution < -0.4 is 0 Å². The predicted octanol–water partition coefficient (Wildman–Crippen LogP) is 16.4. The van der Waals surface area contributed by atoms with Crippen molar-refractivity contribution in [3.63, 3.8) is 0 Å². The molecule has 0 bridgehead atoms. The normalized spacial score (nSPS) is 17.4. The highest BCUT2D eigenvalue weighted by atomic mass is 15.0. The molecule has 0 N–H and O–H groups in total. The van der Waals surface area contributed by atoms with Crippen molar-refractivity contribution < 1.29 is 0 Å². The second kappa shape index (κ2) is 17.0. The molecule has 0 spiro atoms. The van der Waals surface area contributed by atoms with E-state index < -0.39 is 0 Å². The molecule has 1 nitrogen and oxygen atoms in total. The van der Waals surface area contributed by atoms with Gasteiger partial charge in [0.1, 0.15) is 0 Å². The third kappa shape index (κ3) is 7.73. The molecule has 8 aromatic carbocycles. The topological polar surface area (TPSA) is 14.1 Å². The first-order valence-corrected chi connectivity index (χ1v) is 22.6. The van der Waals surface area contributed by atoms with Crippen molar-refractivity contribution in [3.8, 4) is 44.5 Å². The van der Waals surface area contributed by atoms with Crippen molar-refractivity contribution in [2.45, 2.75) is 63.8 Å². The summed E-state index contributed by atoms with van der Waals surface area (Å²) in [6.45, 7) is 7.10. The van der Waals surface area contributed by atoms with Gasteiger partial charge >= 0.3 is 0 Å². The van der Waals surface area contributed by atoms with Crippen molar-refractivity contribution >= 4 is 5.70 Å². The Labute approximate surface area is 368 Å². The summed E-state index contributed by atoms with van der Waals surface area (Å²) in [5.74, 6) is 0.607. The molecule has 10 rings (SSSR count). The van der Waals surface area contributed by atoms with Crippen LogP contribution in [0.4, 0.5) is 0 Å². The number of hydrogen-bond donors (Lipinski definition) is 0. The third-order valence-electron chi connectivity index (χ3n) is 13.7. The largest absolute Gasteiger partial charge is 0.678 e. The molecule has 1 aliphatic heterocycles. The Bertz CT molecular complexity index is 2830. The number of aryl methyl sites for hydroxylation is 2. The van der Waals surface area contributed by atoms with E-state index in [0.717, 1.165) is 31.4 Å². The predicted molar refractivity (Wildman–Crippen MR) is 262 cm³/mol. The summed E-state index contributed by atoms with van der Waals surface area (Å²) in [6, 6.07) is 74.1. The molecule has 62 heavy (non-hydrogen) atoms. The molecule has 0 fully saturated rings. The lowest BCUT2D eigenvalue weighted by Crippen LogP contribution is -2.23. The Balaban J connectivity index is 0.830. The number of rotatable bonds is 11. The molecule has 0 amide bonds. The zero-order chi connectivity index (χ0) is 42.0. The molecular weight excluding hydrogens is 747 g/mol. The molecule has 1 aliphatic carbocycles. The van der Waals surface area contributed by atoms with Gasteiger partial charge in [0.25, 0.3) is 0 Å². The molecule has 8 aromatic rings. The average molecular weight is 801 g/mol. The Morgan fingerprint density at radius 3 is 1.60 bits per heavy atom. The van der Waals surface area contributed by atoms with Crippen LogP contribution >= 0.6 is 0 Å². The number of allylic oxidation sites excluding steroid dienone is 1. The minimum absolute atomic E-state index is 0.0347. The quantitative estimate of drug-likeness (QED) is 0.124. The number of benzene rings is 8. The lowest BCUT2D eigenvalue weighted by molar-refractivity contribution is 0.403. The van der Waals surface area contributed by atoms with Crippen molar-refractivity contribution in [1.82, 2.24) is 0 Å². The van der Waals surface area contributed by atoms with E-state index in [1.54, 1.807) is 0 Å². The molecule has 3 unspecified atom stereocenters. The van der Waals surface area contributed by atoms with Crippen LogP contribution in [0.5, 0.6) is 0 Å². The summed E-state index contributed by atoms with van der Waals surface area (Å²) >= 11 is 0. The van der Waals surface area contributed by atoms with Crippen molar-refractivity contribution in [2.75, 3.05) is 0 Å². The van der Waals surface area contributed by atoms with Gasteiger partial charge in [0, 0.05) is 11.3 Å². The third-order valence-corrected chi connectivity index (χ3v) is 13.7. The number of nitrogens with zero attached hydrogens (tertiary/aromatic N) is 1. The van der Waals surface area contributed by atoms with E-state index in [1.807, 2.05) is 0 Å². The molecule has 304 valence electrons. The Hall–Kier alpha value is -6.70. The van der Waals surface area contributed by atoms with Gasteiger partial charge in [0.15, 0.2) is 0 Å². The fraction of sp³-hybridized carbons (Fsp3) is 0.180. The molecule has 0 radical (unpaired) electrons. The Morgan fingerprint density at radius 2 is 0.952 bits per heavy atom. The van der Waals surface area contributed by atoms with E-state index in [-0.39, 0.29) is 17.4 Å². The van der Waals surface area contributed by atoms with E-state index in [2.05, 4.69) is 227 Å². The summed E-state index contributed by atoms with van der Waals surface area (Å²) in [6.07, 6.45) is 6.76. The molecular formula is C61H54N-. The van der Waals surface area contributed by atoms with Crippen molar-refractivity contribution in [1.29, 1.82) is 0 Å². The molecule has 1 heterocycles. The van der Waals surface area contributed by atoms with Crippen LogP contribution in [0.25, 0.3) is 55.5 Å². The van der Waals surface area contributed by atoms with E-state index in [0.29, 0.717) is 5.92 Å². The maximum Gasteiger partial charge on any atom is 0.0158 e. The molecule has 1 heteroatoms. The van der Waals surface area contributed by atoms with Gasteiger partial charge in [-0.2, -0.15) is 0 Å². The van der Waals surface area contributed by atoms with Gasteiger partial charge < -0.3 is 5.32 Å². The molecule has 0 saturated carbocycles. The molecule has 2 aliphatic rings. The molecule has 0 aromatic heterocycles. The zero-order valence-electron chi connectivity index (χ0n) is 36.1. The van der Waals surface area contributed by atoms with Gasteiger partial charge in [-0.15, -0.1) is 5.70 Å². The summed E-state index contributed by atoms with van der Waals surface area (Å²) in [5, 5.41) is 5.54. The van der Waals surface area contributed by atoms with Crippen LogP contribution in [0.15, 0.2) is 206 Å². The second-order valence-corrected chi connectivity index (χ2v) is 17.9. The van der Waals surface area contributed by atoms with Gasteiger partial charge in [0.2, 0.25) is 0 Å². The van der Waals surface area contributed by atoms with E-state index >= 15 is 0 Å². The highest BCUT2D eigenvalue weighted by molar-refractivity contribution is 5.82. The first-order chi connectivity index (χ1) is 30.4. The molecule has 0 saturated heterocycles. The lowest BCUT2D eigenvalue weighted by atomic mass is 9.73. The Kier molecular flexibility index (Phi) is 10.8. The van der Waals surface area contributed by atoms with Crippen molar-refractivity contribution in [2.24, 2.45) is 5.92 Å². The summed E-state index contributed by atoms with van der Waals surface area (Å²) in [5.41, 5.74) is 20.8. The molecule has 3 atom stereocenters. The summed E-state index contributed by atoms with van der Waals surface area (Å²) < 4.78 is 0. The van der Waals surface area contributed by atoms with Crippen molar-refractivity contribution in [3.05, 3.63) is 251 Å². The highest BCUT2D eigenvalue weighted by Gasteiger charge is 2.36. The number of fused-ring (bicyclic) bond motifs is 3. The van der Waals surface area contributed by atoms with Crippen LogP contribution in [-0.2, 0) is 18.3 Å². The standard InChI is InChI=1S/C61H54N/c1-4-53-56(52-37-38-55-54-23-11-12-24-57(54)61(2,3)58(55)40-52)41-59(62-60(53)49-19-9-6-10-20-49)48-35-33-46(34-36-48)45-29-25-42(26-30-45)15-13-16-43-27-31-47(32-28-43)51-22-14-21-50(39-51)44-17-7-5-8-18-44/h5-12,14,17-41,53,56,60H,4,13,15-16H2,1-3H3/q-1. The van der Waals surface area contributed by atoms with Gasteiger partial charge in [-0.3, -0.25) is 0 Å². The van der Waals surface area contributed by atoms with Crippen LogP contribution in [-0.4, -0.2) is 0 Å². The van der Waals surface area contributed by atoms with Gasteiger partial charge in [0.05, 0.1) is 0 Å². The van der Waals surface area contributed by atoms with Gasteiger partial charge in [-0.25, -0.2) is 0 Å². The number of hydrogen-bond acceptors (Lipinski definition) is 0. The monoisotopic (exact) mass is 800 g/mol. The lowest BCUT2D eigenvalue weighted by Gasteiger charge is -2.49. The van der Waals surface area contributed by atoms with Crippen LogP contribution in [0.1, 0.15) is 84.5 Å². The smallest absolute Gasteiger partial charge is 0.0158 e. The Morgan fingerprint density at radius 1 is 0.435 bits per heavy atom. The zero-order valence-corrected chi connectivity index (χ0v) is 36.1. The summed E-state index contributed by atoms with van der Waals surface area (Å²) in [4.78, 5) is 0. The first kappa shape index (κ1) is 39.4. The van der Waals surface area contributed by atoms with E-state index in [4.69, 9.17) is 5.32 Å². The van der Waals surface area contributed by atoms with Crippen LogP contribution in [0.2, 0.25) is 0 Å². The SMILES string of the molecule is CCC1C(c2ccc3c(c2)C(C)(C)c2ccccc2-3)C=C(c2ccc(-c3ccc(CCCc4ccc(-c5cccc(-c6ccccc6)c5)cc4)cc3)cc2)[N-]C1c1ccccc1. The van der Waals surface area contributed by atoms with Crippen LogP contribution in [0.3, 0.4) is 0 Å². The minimum atomic E-state index is -0.0347. The fourth-order valence-corrected chi connectivity index (χ4v) is 10.2. The van der Waals surface area contributed by atoms with Gasteiger partial charge in [-0.1, -0.05) is 239 Å². The maximum atomic E-state index is 5.54. The average Bonchev–Trinajstić information content (AvgIpc) is 3.57. The van der Waals surface area contributed by atoms with Crippen LogP contribution in [0, 0.1) is 5.92 Å². The summed E-state index contributed by atoms with van der Waals surface area (Å²) in [7, 11) is 0. The van der Waals surface area contributed by atoms with E-state index in [9.17, 15) is 0 Å². The highest BCUT2D eigenvalue weighted by Crippen LogP contribution is 2.53. The minimum Gasteiger partial charge on any atom is -0.678 e. The van der Waals surface area contributed by atoms with E-state index in [1.165, 1.54) is 83.5 Å². The first-order valence-electron chi connectivity index (χ1n) is 22.6. The second-order valence-electron chi connectivity index (χ2n) is 17.9. The maximum absolute atomic E-state index is 5.54. The van der Waals surface area contributed by atoms with Gasteiger partial charge in [-0.05, 0) is 109 Å².